The minimum atomic E-state index is -1.05. The van der Waals surface area contributed by atoms with Gasteiger partial charge < -0.3 is 10.1 Å². The van der Waals surface area contributed by atoms with E-state index >= 15 is 0 Å². The Labute approximate surface area is 103 Å². The van der Waals surface area contributed by atoms with Crippen LogP contribution in [-0.4, -0.2) is 31.5 Å². The van der Waals surface area contributed by atoms with Crippen LogP contribution in [0.1, 0.15) is 10.4 Å². The van der Waals surface area contributed by atoms with Crippen molar-refractivity contribution in [3.63, 3.8) is 0 Å². The number of ether oxygens (including phenoxy) is 1. The molecule has 0 aliphatic rings. The quantitative estimate of drug-likeness (QED) is 0.629. The lowest BCUT2D eigenvalue weighted by Gasteiger charge is -2.05. The third-order valence-corrected chi connectivity index (χ3v) is 2.09. The fraction of sp³-hybridized carbons (Fsp3) is 0.364. The molecule has 6 heteroatoms. The maximum atomic E-state index is 12.8. The summed E-state index contributed by atoms with van der Waals surface area (Å²) in [5.74, 6) is -2.11. The number of hydrogen-bond donors (Lipinski definition) is 1. The normalized spacial score (nSPS) is 10.3. The molecular weight excluding hydrogens is 252 g/mol. The molecule has 0 saturated heterocycles. The molecule has 0 heterocycles. The Morgan fingerprint density at radius 1 is 1.29 bits per heavy atom. The second-order valence-electron chi connectivity index (χ2n) is 3.19. The maximum absolute atomic E-state index is 12.8. The molecule has 0 aromatic heterocycles. The highest BCUT2D eigenvalue weighted by Crippen LogP contribution is 2.08. The first-order valence-electron chi connectivity index (χ1n) is 5.02. The van der Waals surface area contributed by atoms with Crippen molar-refractivity contribution >= 4 is 17.5 Å². The van der Waals surface area contributed by atoms with E-state index in [1.165, 1.54) is 6.07 Å². The van der Waals surface area contributed by atoms with Crippen LogP contribution in [0.25, 0.3) is 0 Å². The Balaban J connectivity index is 2.39. The summed E-state index contributed by atoms with van der Waals surface area (Å²) in [5.41, 5.74) is 0.0706. The first-order chi connectivity index (χ1) is 8.15. The van der Waals surface area contributed by atoms with E-state index in [1.807, 2.05) is 0 Å². The number of nitrogens with one attached hydrogen (secondary N) is 1. The molecule has 3 nitrogen and oxygen atoms in total. The van der Waals surface area contributed by atoms with Crippen molar-refractivity contribution in [3.8, 4) is 0 Å². The van der Waals surface area contributed by atoms with Gasteiger partial charge in [-0.15, -0.1) is 11.6 Å². The van der Waals surface area contributed by atoms with Crippen molar-refractivity contribution in [1.29, 1.82) is 0 Å². The Kier molecular flexibility index (Phi) is 5.86. The summed E-state index contributed by atoms with van der Waals surface area (Å²) in [5, 5.41) is 2.51. The number of rotatable bonds is 6. The summed E-state index contributed by atoms with van der Waals surface area (Å²) in [6.45, 7) is 1.01. The van der Waals surface area contributed by atoms with Gasteiger partial charge in [0.1, 0.15) is 0 Å². The molecule has 17 heavy (non-hydrogen) atoms. The van der Waals surface area contributed by atoms with Crippen molar-refractivity contribution in [2.75, 3.05) is 25.6 Å². The molecule has 0 aliphatic heterocycles. The summed E-state index contributed by atoms with van der Waals surface area (Å²) in [7, 11) is 0. The van der Waals surface area contributed by atoms with Crippen LogP contribution in [-0.2, 0) is 4.74 Å². The molecule has 1 aromatic rings. The van der Waals surface area contributed by atoms with Gasteiger partial charge >= 0.3 is 0 Å². The van der Waals surface area contributed by atoms with E-state index in [4.69, 9.17) is 16.3 Å². The van der Waals surface area contributed by atoms with Gasteiger partial charge in [0.05, 0.1) is 13.2 Å². The number of amides is 1. The van der Waals surface area contributed by atoms with Crippen LogP contribution >= 0.6 is 11.6 Å². The Morgan fingerprint density at radius 3 is 2.71 bits per heavy atom. The third kappa shape index (κ3) is 4.66. The third-order valence-electron chi connectivity index (χ3n) is 1.94. The van der Waals surface area contributed by atoms with Crippen LogP contribution in [0, 0.1) is 11.6 Å². The summed E-state index contributed by atoms with van der Waals surface area (Å²) in [6, 6.07) is 2.98. The average molecular weight is 264 g/mol. The van der Waals surface area contributed by atoms with Gasteiger partial charge in [-0.3, -0.25) is 4.79 Å². The van der Waals surface area contributed by atoms with Gasteiger partial charge in [0.25, 0.3) is 5.91 Å². The predicted molar refractivity (Wildman–Crippen MR) is 60.2 cm³/mol. The summed E-state index contributed by atoms with van der Waals surface area (Å²) < 4.78 is 30.5. The molecule has 0 saturated carbocycles. The van der Waals surface area contributed by atoms with Crippen LogP contribution in [0.2, 0.25) is 0 Å². The largest absolute Gasteiger partial charge is 0.378 e. The van der Waals surface area contributed by atoms with Gasteiger partial charge in [-0.25, -0.2) is 8.78 Å². The summed E-state index contributed by atoms with van der Waals surface area (Å²) in [4.78, 5) is 11.5. The van der Waals surface area contributed by atoms with Gasteiger partial charge in [-0.05, 0) is 18.2 Å². The molecule has 1 amide bonds. The highest BCUT2D eigenvalue weighted by molar-refractivity contribution is 6.17. The minimum absolute atomic E-state index is 0.0706. The Hall–Kier alpha value is -1.20. The zero-order chi connectivity index (χ0) is 12.7. The molecule has 0 aliphatic carbocycles. The first kappa shape index (κ1) is 13.9. The van der Waals surface area contributed by atoms with Crippen LogP contribution < -0.4 is 5.32 Å². The monoisotopic (exact) mass is 263 g/mol. The van der Waals surface area contributed by atoms with E-state index in [0.717, 1.165) is 12.1 Å². The lowest BCUT2D eigenvalue weighted by molar-refractivity contribution is 0.0923. The first-order valence-corrected chi connectivity index (χ1v) is 5.55. The van der Waals surface area contributed by atoms with E-state index in [9.17, 15) is 13.6 Å². The topological polar surface area (TPSA) is 38.3 Å². The zero-order valence-corrected chi connectivity index (χ0v) is 9.77. The molecule has 1 rings (SSSR count). The number of benzene rings is 1. The molecule has 0 atom stereocenters. The SMILES string of the molecule is O=C(NCCOCCCl)c1ccc(F)c(F)c1. The second-order valence-corrected chi connectivity index (χ2v) is 3.56. The highest BCUT2D eigenvalue weighted by Gasteiger charge is 2.08. The number of alkyl halides is 1. The number of hydrogen-bond acceptors (Lipinski definition) is 2. The van der Waals surface area contributed by atoms with Crippen molar-refractivity contribution in [2.45, 2.75) is 0 Å². The Bertz CT molecular complexity index is 388. The standard InChI is InChI=1S/C11H12ClF2NO2/c12-3-5-17-6-4-15-11(16)8-1-2-9(13)10(14)7-8/h1-2,7H,3-6H2,(H,15,16). The lowest BCUT2D eigenvalue weighted by Crippen LogP contribution is -2.27. The summed E-state index contributed by atoms with van der Waals surface area (Å²) in [6.07, 6.45) is 0. The summed E-state index contributed by atoms with van der Waals surface area (Å²) >= 11 is 5.38. The van der Waals surface area contributed by atoms with Crippen LogP contribution in [0.15, 0.2) is 18.2 Å². The van der Waals surface area contributed by atoms with Gasteiger partial charge in [0.2, 0.25) is 0 Å². The fourth-order valence-corrected chi connectivity index (χ4v) is 1.24. The highest BCUT2D eigenvalue weighted by atomic mass is 35.5. The van der Waals surface area contributed by atoms with E-state index in [2.05, 4.69) is 5.32 Å². The number of carbonyl (C=O) groups is 1. The molecule has 0 fully saturated rings. The molecule has 1 N–H and O–H groups in total. The van der Waals surface area contributed by atoms with E-state index < -0.39 is 17.5 Å². The van der Waals surface area contributed by atoms with E-state index in [0.29, 0.717) is 19.1 Å². The predicted octanol–water partition coefficient (Wildman–Crippen LogP) is 1.95. The van der Waals surface area contributed by atoms with Gasteiger partial charge in [-0.2, -0.15) is 0 Å². The molecule has 0 spiro atoms. The molecule has 0 radical (unpaired) electrons. The van der Waals surface area contributed by atoms with Crippen molar-refractivity contribution < 1.29 is 18.3 Å². The lowest BCUT2D eigenvalue weighted by atomic mass is 10.2. The minimum Gasteiger partial charge on any atom is -0.378 e. The van der Waals surface area contributed by atoms with Crippen molar-refractivity contribution in [2.24, 2.45) is 0 Å². The van der Waals surface area contributed by atoms with Gasteiger partial charge in [0, 0.05) is 18.0 Å². The number of halogens is 3. The molecule has 0 unspecified atom stereocenters. The molecule has 0 bridgehead atoms. The fourth-order valence-electron chi connectivity index (χ4n) is 1.13. The molecule has 94 valence electrons. The van der Waals surface area contributed by atoms with Gasteiger partial charge in [-0.1, -0.05) is 0 Å². The van der Waals surface area contributed by atoms with Crippen LogP contribution in [0.3, 0.4) is 0 Å². The Morgan fingerprint density at radius 2 is 2.06 bits per heavy atom. The number of carbonyl (C=O) groups excluding carboxylic acids is 1. The van der Waals surface area contributed by atoms with E-state index in [1.54, 1.807) is 0 Å². The van der Waals surface area contributed by atoms with Crippen molar-refractivity contribution in [3.05, 3.63) is 35.4 Å². The van der Waals surface area contributed by atoms with E-state index in [-0.39, 0.29) is 12.1 Å². The van der Waals surface area contributed by atoms with Gasteiger partial charge in [0.15, 0.2) is 11.6 Å². The smallest absolute Gasteiger partial charge is 0.251 e. The van der Waals surface area contributed by atoms with Crippen LogP contribution in [0.4, 0.5) is 8.78 Å². The maximum Gasteiger partial charge on any atom is 0.251 e. The second kappa shape index (κ2) is 7.19. The molecular formula is C11H12ClF2NO2. The molecule has 1 aromatic carbocycles. The van der Waals surface area contributed by atoms with Crippen molar-refractivity contribution in [1.82, 2.24) is 5.32 Å². The van der Waals surface area contributed by atoms with Crippen LogP contribution in [0.5, 0.6) is 0 Å². The average Bonchev–Trinajstić information content (AvgIpc) is 2.32. The zero-order valence-electron chi connectivity index (χ0n) is 9.01.